The molecule has 0 aliphatic heterocycles. The van der Waals surface area contributed by atoms with Crippen molar-refractivity contribution in [3.63, 3.8) is 0 Å². The van der Waals surface area contributed by atoms with Crippen LogP contribution in [0, 0.1) is 5.82 Å². The van der Waals surface area contributed by atoms with Crippen LogP contribution in [0.2, 0.25) is 5.02 Å². The van der Waals surface area contributed by atoms with Gasteiger partial charge in [0, 0.05) is 5.56 Å². The lowest BCUT2D eigenvalue weighted by Gasteiger charge is -2.08. The van der Waals surface area contributed by atoms with Crippen molar-refractivity contribution in [2.75, 3.05) is 0 Å². The van der Waals surface area contributed by atoms with Crippen molar-refractivity contribution in [1.82, 2.24) is 0 Å². The SMILES string of the molecule is O=C(Cc1ccc(-c2ccccc2)cc1)OCc1c(F)cccc1Cl. The van der Waals surface area contributed by atoms with Gasteiger partial charge in [-0.2, -0.15) is 0 Å². The van der Waals surface area contributed by atoms with Crippen LogP contribution < -0.4 is 0 Å². The molecule has 3 aromatic rings. The fourth-order valence-electron chi connectivity index (χ4n) is 2.49. The zero-order valence-electron chi connectivity index (χ0n) is 13.4. The van der Waals surface area contributed by atoms with Crippen LogP contribution in [0.15, 0.2) is 72.8 Å². The first-order valence-electron chi connectivity index (χ1n) is 7.86. The first-order valence-corrected chi connectivity index (χ1v) is 8.24. The minimum Gasteiger partial charge on any atom is -0.460 e. The second-order valence-electron chi connectivity index (χ2n) is 5.60. The molecule has 0 aliphatic carbocycles. The highest BCUT2D eigenvalue weighted by atomic mass is 35.5. The summed E-state index contributed by atoms with van der Waals surface area (Å²) in [6, 6.07) is 22.1. The highest BCUT2D eigenvalue weighted by Crippen LogP contribution is 2.21. The van der Waals surface area contributed by atoms with Crippen LogP contribution in [0.5, 0.6) is 0 Å². The summed E-state index contributed by atoms with van der Waals surface area (Å²) in [5, 5.41) is 0.250. The number of hydrogen-bond acceptors (Lipinski definition) is 2. The molecular formula is C21H16ClFO2. The van der Waals surface area contributed by atoms with Gasteiger partial charge in [-0.3, -0.25) is 4.79 Å². The largest absolute Gasteiger partial charge is 0.460 e. The monoisotopic (exact) mass is 354 g/mol. The van der Waals surface area contributed by atoms with Gasteiger partial charge in [0.1, 0.15) is 12.4 Å². The summed E-state index contributed by atoms with van der Waals surface area (Å²) in [5.41, 5.74) is 3.22. The summed E-state index contributed by atoms with van der Waals surface area (Å²) >= 11 is 5.92. The standard InChI is InChI=1S/C21H16ClFO2/c22-19-7-4-8-20(23)18(19)14-25-21(24)13-15-9-11-17(12-10-15)16-5-2-1-3-6-16/h1-12H,13-14H2. The number of carbonyl (C=O) groups excluding carboxylic acids is 1. The lowest BCUT2D eigenvalue weighted by atomic mass is 10.0. The van der Waals surface area contributed by atoms with Gasteiger partial charge in [-0.05, 0) is 28.8 Å². The van der Waals surface area contributed by atoms with E-state index in [0.29, 0.717) is 0 Å². The van der Waals surface area contributed by atoms with Crippen molar-refractivity contribution in [2.45, 2.75) is 13.0 Å². The summed E-state index contributed by atoms with van der Waals surface area (Å²) in [4.78, 5) is 12.0. The van der Waals surface area contributed by atoms with Crippen molar-refractivity contribution < 1.29 is 13.9 Å². The zero-order chi connectivity index (χ0) is 17.6. The Kier molecular flexibility index (Phi) is 5.46. The first kappa shape index (κ1) is 17.2. The number of carbonyl (C=O) groups is 1. The maximum absolute atomic E-state index is 13.7. The predicted molar refractivity (Wildman–Crippen MR) is 96.8 cm³/mol. The highest BCUT2D eigenvalue weighted by molar-refractivity contribution is 6.31. The lowest BCUT2D eigenvalue weighted by Crippen LogP contribution is -2.09. The van der Waals surface area contributed by atoms with E-state index in [-0.39, 0.29) is 23.6 Å². The molecule has 0 aliphatic rings. The Balaban J connectivity index is 1.60. The lowest BCUT2D eigenvalue weighted by molar-refractivity contribution is -0.144. The van der Waals surface area contributed by atoms with E-state index < -0.39 is 11.8 Å². The van der Waals surface area contributed by atoms with Crippen LogP contribution in [0.1, 0.15) is 11.1 Å². The molecule has 0 N–H and O–H groups in total. The van der Waals surface area contributed by atoms with E-state index in [1.54, 1.807) is 6.07 Å². The normalized spacial score (nSPS) is 10.5. The quantitative estimate of drug-likeness (QED) is 0.571. The molecule has 0 spiro atoms. The number of halogens is 2. The minimum absolute atomic E-state index is 0.126. The number of esters is 1. The van der Waals surface area contributed by atoms with Gasteiger partial charge < -0.3 is 4.74 Å². The van der Waals surface area contributed by atoms with Gasteiger partial charge in [0.25, 0.3) is 0 Å². The van der Waals surface area contributed by atoms with Crippen molar-refractivity contribution >= 4 is 17.6 Å². The van der Waals surface area contributed by atoms with Crippen molar-refractivity contribution in [2.24, 2.45) is 0 Å². The van der Waals surface area contributed by atoms with Crippen LogP contribution in [-0.2, 0) is 22.6 Å². The molecule has 0 atom stereocenters. The van der Waals surface area contributed by atoms with Gasteiger partial charge in [0.2, 0.25) is 0 Å². The molecule has 0 radical (unpaired) electrons. The van der Waals surface area contributed by atoms with Crippen molar-refractivity contribution in [1.29, 1.82) is 0 Å². The summed E-state index contributed by atoms with van der Waals surface area (Å²) in [5.74, 6) is -0.903. The number of benzene rings is 3. The average molecular weight is 355 g/mol. The molecule has 2 nitrogen and oxygen atoms in total. The van der Waals surface area contributed by atoms with Gasteiger partial charge in [0.15, 0.2) is 0 Å². The molecule has 4 heteroatoms. The Labute approximate surface area is 150 Å². The van der Waals surface area contributed by atoms with E-state index in [4.69, 9.17) is 16.3 Å². The molecule has 0 saturated heterocycles. The smallest absolute Gasteiger partial charge is 0.310 e. The molecule has 25 heavy (non-hydrogen) atoms. The molecule has 0 saturated carbocycles. The number of rotatable bonds is 5. The summed E-state index contributed by atoms with van der Waals surface area (Å²) in [6.45, 7) is -0.174. The van der Waals surface area contributed by atoms with E-state index in [1.165, 1.54) is 12.1 Å². The molecular weight excluding hydrogens is 339 g/mol. The molecule has 3 aromatic carbocycles. The Hall–Kier alpha value is -2.65. The van der Waals surface area contributed by atoms with E-state index in [1.807, 2.05) is 54.6 Å². The van der Waals surface area contributed by atoms with E-state index in [9.17, 15) is 9.18 Å². The molecule has 3 rings (SSSR count). The number of hydrogen-bond donors (Lipinski definition) is 0. The van der Waals surface area contributed by atoms with Gasteiger partial charge in [-0.15, -0.1) is 0 Å². The van der Waals surface area contributed by atoms with Crippen LogP contribution in [-0.4, -0.2) is 5.97 Å². The van der Waals surface area contributed by atoms with Crippen LogP contribution in [0.25, 0.3) is 11.1 Å². The van der Waals surface area contributed by atoms with E-state index in [0.717, 1.165) is 16.7 Å². The van der Waals surface area contributed by atoms with Crippen LogP contribution in [0.4, 0.5) is 4.39 Å². The third kappa shape index (κ3) is 4.46. The zero-order valence-corrected chi connectivity index (χ0v) is 14.2. The highest BCUT2D eigenvalue weighted by Gasteiger charge is 2.11. The Bertz CT molecular complexity index is 841. The molecule has 0 bridgehead atoms. The molecule has 126 valence electrons. The predicted octanol–water partition coefficient (Wildman–Crippen LogP) is 5.43. The second kappa shape index (κ2) is 7.95. The van der Waals surface area contributed by atoms with Gasteiger partial charge in [-0.25, -0.2) is 4.39 Å². The van der Waals surface area contributed by atoms with E-state index in [2.05, 4.69) is 0 Å². The molecule has 0 aromatic heterocycles. The van der Waals surface area contributed by atoms with Gasteiger partial charge >= 0.3 is 5.97 Å². The summed E-state index contributed by atoms with van der Waals surface area (Å²) < 4.78 is 18.8. The number of ether oxygens (including phenoxy) is 1. The van der Waals surface area contributed by atoms with E-state index >= 15 is 0 Å². The fourth-order valence-corrected chi connectivity index (χ4v) is 2.70. The van der Waals surface area contributed by atoms with Gasteiger partial charge in [0.05, 0.1) is 11.4 Å². The fraction of sp³-hybridized carbons (Fsp3) is 0.0952. The average Bonchev–Trinajstić information content (AvgIpc) is 2.63. The summed E-state index contributed by atoms with van der Waals surface area (Å²) in [7, 11) is 0. The van der Waals surface area contributed by atoms with Crippen LogP contribution >= 0.6 is 11.6 Å². The molecule has 0 fully saturated rings. The Morgan fingerprint density at radius 2 is 1.56 bits per heavy atom. The first-order chi connectivity index (χ1) is 12.1. The third-order valence-corrected chi connectivity index (χ3v) is 4.20. The molecule has 0 unspecified atom stereocenters. The third-order valence-electron chi connectivity index (χ3n) is 3.85. The van der Waals surface area contributed by atoms with Crippen molar-refractivity contribution in [3.05, 3.63) is 94.8 Å². The Morgan fingerprint density at radius 1 is 0.880 bits per heavy atom. The minimum atomic E-state index is -0.479. The Morgan fingerprint density at radius 3 is 2.24 bits per heavy atom. The second-order valence-corrected chi connectivity index (χ2v) is 6.01. The summed E-state index contributed by atoms with van der Waals surface area (Å²) in [6.07, 6.45) is 0.126. The van der Waals surface area contributed by atoms with Crippen LogP contribution in [0.3, 0.4) is 0 Å². The maximum Gasteiger partial charge on any atom is 0.310 e. The molecule has 0 heterocycles. The topological polar surface area (TPSA) is 26.3 Å². The molecule has 0 amide bonds. The van der Waals surface area contributed by atoms with Crippen molar-refractivity contribution in [3.8, 4) is 11.1 Å². The maximum atomic E-state index is 13.7. The van der Waals surface area contributed by atoms with Gasteiger partial charge in [-0.1, -0.05) is 72.3 Å².